The molecular formula is C21H36N4O4S. The number of benzene rings is 1. The quantitative estimate of drug-likeness (QED) is 0.382. The summed E-state index contributed by atoms with van der Waals surface area (Å²) < 4.78 is 37.3. The van der Waals surface area contributed by atoms with Crippen LogP contribution in [0.15, 0.2) is 23.2 Å². The lowest BCUT2D eigenvalue weighted by atomic mass is 10.1. The van der Waals surface area contributed by atoms with Gasteiger partial charge in [-0.05, 0) is 58.6 Å². The van der Waals surface area contributed by atoms with E-state index in [1.54, 1.807) is 7.11 Å². The highest BCUT2D eigenvalue weighted by molar-refractivity contribution is 7.88. The van der Waals surface area contributed by atoms with Crippen LogP contribution in [0.5, 0.6) is 11.5 Å². The van der Waals surface area contributed by atoms with Crippen LogP contribution in [-0.4, -0.2) is 52.5 Å². The summed E-state index contributed by atoms with van der Waals surface area (Å²) in [7, 11) is -1.65. The second kappa shape index (κ2) is 10.9. The van der Waals surface area contributed by atoms with Crippen molar-refractivity contribution in [3.63, 3.8) is 0 Å². The largest absolute Gasteiger partial charge is 0.497 e. The van der Waals surface area contributed by atoms with Crippen LogP contribution in [0.2, 0.25) is 0 Å². The number of hydrogen-bond donors (Lipinski definition) is 3. The van der Waals surface area contributed by atoms with E-state index in [0.717, 1.165) is 36.2 Å². The fraction of sp³-hybridized carbons (Fsp3) is 0.667. The molecule has 0 saturated heterocycles. The monoisotopic (exact) mass is 440 g/mol. The van der Waals surface area contributed by atoms with E-state index in [0.29, 0.717) is 25.6 Å². The molecule has 2 rings (SSSR count). The molecule has 0 radical (unpaired) electrons. The zero-order valence-electron chi connectivity index (χ0n) is 18.7. The van der Waals surface area contributed by atoms with Gasteiger partial charge in [0, 0.05) is 30.3 Å². The maximum absolute atomic E-state index is 11.6. The Kier molecular flexibility index (Phi) is 8.78. The first-order valence-corrected chi connectivity index (χ1v) is 12.4. The van der Waals surface area contributed by atoms with Gasteiger partial charge in [0.05, 0.1) is 26.0 Å². The molecule has 1 saturated carbocycles. The number of methoxy groups -OCH3 is 1. The number of nitrogens with zero attached hydrogens (tertiary/aromatic N) is 1. The first-order chi connectivity index (χ1) is 14.1. The molecule has 8 nitrogen and oxygen atoms in total. The molecule has 9 heteroatoms. The molecule has 3 N–H and O–H groups in total. The lowest BCUT2D eigenvalue weighted by Gasteiger charge is -2.26. The molecule has 30 heavy (non-hydrogen) atoms. The van der Waals surface area contributed by atoms with Gasteiger partial charge in [0.1, 0.15) is 11.5 Å². The Morgan fingerprint density at radius 2 is 1.93 bits per heavy atom. The third-order valence-corrected chi connectivity index (χ3v) is 5.70. The molecule has 1 fully saturated rings. The van der Waals surface area contributed by atoms with Crippen molar-refractivity contribution in [2.75, 3.05) is 26.5 Å². The molecule has 1 aromatic carbocycles. The summed E-state index contributed by atoms with van der Waals surface area (Å²) in [6.07, 6.45) is 5.96. The Morgan fingerprint density at radius 1 is 1.23 bits per heavy atom. The molecular weight excluding hydrogens is 404 g/mol. The summed E-state index contributed by atoms with van der Waals surface area (Å²) >= 11 is 0. The van der Waals surface area contributed by atoms with Crippen molar-refractivity contribution in [3.05, 3.63) is 23.8 Å². The van der Waals surface area contributed by atoms with Crippen LogP contribution in [0.3, 0.4) is 0 Å². The Labute approximate surface area is 180 Å². The van der Waals surface area contributed by atoms with Crippen LogP contribution in [0.1, 0.15) is 52.0 Å². The van der Waals surface area contributed by atoms with E-state index in [4.69, 9.17) is 9.47 Å². The number of guanidine groups is 1. The fourth-order valence-electron chi connectivity index (χ4n) is 3.44. The fourth-order valence-corrected chi connectivity index (χ4v) is 4.51. The standard InChI is InChI=1S/C21H36N4O4S/c1-6-22-20(24-15-21(2,3)25-30(5,26)27)23-14-16-11-12-18(28-4)13-19(16)29-17-9-7-8-10-17/h11-13,17,25H,6-10,14-15H2,1-5H3,(H2,22,23,24). The molecule has 1 aromatic rings. The van der Waals surface area contributed by atoms with Crippen molar-refractivity contribution in [2.24, 2.45) is 4.99 Å². The van der Waals surface area contributed by atoms with E-state index < -0.39 is 15.6 Å². The molecule has 0 spiro atoms. The van der Waals surface area contributed by atoms with Gasteiger partial charge >= 0.3 is 0 Å². The zero-order chi connectivity index (χ0) is 22.2. The Bertz CT molecular complexity index is 818. The van der Waals surface area contributed by atoms with Crippen molar-refractivity contribution in [1.29, 1.82) is 0 Å². The van der Waals surface area contributed by atoms with Gasteiger partial charge in [0.15, 0.2) is 5.96 Å². The van der Waals surface area contributed by atoms with Gasteiger partial charge in [-0.15, -0.1) is 0 Å². The minimum absolute atomic E-state index is 0.245. The van der Waals surface area contributed by atoms with Crippen LogP contribution in [0.25, 0.3) is 0 Å². The maximum atomic E-state index is 11.6. The summed E-state index contributed by atoms with van der Waals surface area (Å²) in [5.74, 6) is 2.18. The normalized spacial score (nSPS) is 15.8. The van der Waals surface area contributed by atoms with Gasteiger partial charge in [-0.1, -0.05) is 0 Å². The highest BCUT2D eigenvalue weighted by atomic mass is 32.2. The number of hydrogen-bond acceptors (Lipinski definition) is 5. The van der Waals surface area contributed by atoms with Crippen LogP contribution in [-0.2, 0) is 16.6 Å². The summed E-state index contributed by atoms with van der Waals surface area (Å²) in [4.78, 5) is 4.67. The van der Waals surface area contributed by atoms with E-state index in [-0.39, 0.29) is 6.10 Å². The van der Waals surface area contributed by atoms with Gasteiger partial charge in [-0.25, -0.2) is 18.1 Å². The van der Waals surface area contributed by atoms with Crippen molar-refractivity contribution >= 4 is 16.0 Å². The SMILES string of the molecule is CCNC(=NCc1ccc(OC)cc1OC1CCCC1)NCC(C)(C)NS(C)(=O)=O. The van der Waals surface area contributed by atoms with Gasteiger partial charge in [0.25, 0.3) is 0 Å². The van der Waals surface area contributed by atoms with E-state index in [1.807, 2.05) is 39.0 Å². The van der Waals surface area contributed by atoms with E-state index in [2.05, 4.69) is 20.3 Å². The Morgan fingerprint density at radius 3 is 2.53 bits per heavy atom. The minimum atomic E-state index is -3.30. The summed E-state index contributed by atoms with van der Waals surface area (Å²) in [5.41, 5.74) is 0.328. The first kappa shape index (κ1) is 24.3. The molecule has 0 unspecified atom stereocenters. The van der Waals surface area contributed by atoms with Gasteiger partial charge < -0.3 is 20.1 Å². The van der Waals surface area contributed by atoms with Crippen molar-refractivity contribution in [1.82, 2.24) is 15.4 Å². The molecule has 0 aliphatic heterocycles. The highest BCUT2D eigenvalue weighted by Gasteiger charge is 2.22. The molecule has 0 atom stereocenters. The topological polar surface area (TPSA) is 101 Å². The lowest BCUT2D eigenvalue weighted by molar-refractivity contribution is 0.207. The van der Waals surface area contributed by atoms with E-state index in [1.165, 1.54) is 12.8 Å². The van der Waals surface area contributed by atoms with Crippen molar-refractivity contribution < 1.29 is 17.9 Å². The van der Waals surface area contributed by atoms with Crippen molar-refractivity contribution in [2.45, 2.75) is 64.6 Å². The number of nitrogens with one attached hydrogen (secondary N) is 3. The lowest BCUT2D eigenvalue weighted by Crippen LogP contribution is -2.53. The molecule has 0 aromatic heterocycles. The smallest absolute Gasteiger partial charge is 0.209 e. The Balaban J connectivity index is 2.10. The molecule has 0 bridgehead atoms. The van der Waals surface area contributed by atoms with Gasteiger partial charge in [-0.3, -0.25) is 0 Å². The average molecular weight is 441 g/mol. The van der Waals surface area contributed by atoms with E-state index in [9.17, 15) is 8.42 Å². The summed E-state index contributed by atoms with van der Waals surface area (Å²) in [6, 6.07) is 5.81. The molecule has 170 valence electrons. The predicted molar refractivity (Wildman–Crippen MR) is 121 cm³/mol. The molecule has 0 heterocycles. The van der Waals surface area contributed by atoms with Crippen molar-refractivity contribution in [3.8, 4) is 11.5 Å². The number of ether oxygens (including phenoxy) is 2. The second-order valence-corrected chi connectivity index (χ2v) is 10.1. The number of sulfonamides is 1. The van der Waals surface area contributed by atoms with Crippen LogP contribution < -0.4 is 24.8 Å². The van der Waals surface area contributed by atoms with Crippen LogP contribution >= 0.6 is 0 Å². The predicted octanol–water partition coefficient (Wildman–Crippen LogP) is 2.40. The first-order valence-electron chi connectivity index (χ1n) is 10.5. The molecule has 1 aliphatic carbocycles. The minimum Gasteiger partial charge on any atom is -0.497 e. The Hall–Kier alpha value is -2.00. The second-order valence-electron chi connectivity index (χ2n) is 8.30. The van der Waals surface area contributed by atoms with Gasteiger partial charge in [0.2, 0.25) is 10.0 Å². The number of rotatable bonds is 10. The molecule has 0 amide bonds. The van der Waals surface area contributed by atoms with Gasteiger partial charge in [-0.2, -0.15) is 0 Å². The zero-order valence-corrected chi connectivity index (χ0v) is 19.6. The summed E-state index contributed by atoms with van der Waals surface area (Å²) in [5, 5.41) is 6.41. The highest BCUT2D eigenvalue weighted by Crippen LogP contribution is 2.30. The third kappa shape index (κ3) is 8.39. The molecule has 1 aliphatic rings. The summed E-state index contributed by atoms with van der Waals surface area (Å²) in [6.45, 7) is 7.14. The average Bonchev–Trinajstić information content (AvgIpc) is 3.16. The maximum Gasteiger partial charge on any atom is 0.209 e. The van der Waals surface area contributed by atoms with Crippen LogP contribution in [0.4, 0.5) is 0 Å². The third-order valence-electron chi connectivity index (χ3n) is 4.78. The van der Waals surface area contributed by atoms with Crippen LogP contribution in [0, 0.1) is 0 Å². The van der Waals surface area contributed by atoms with E-state index >= 15 is 0 Å². The number of aliphatic imine (C=N–C) groups is 1.